The molecular weight excluding hydrogens is 194 g/mol. The first-order chi connectivity index (χ1) is 6.81. The molecule has 1 saturated heterocycles. The highest BCUT2D eigenvalue weighted by molar-refractivity contribution is 5.71. The molecule has 4 nitrogen and oxygen atoms in total. The predicted octanol–water partition coefficient (Wildman–Crippen LogP) is 0.833. The van der Waals surface area contributed by atoms with Crippen molar-refractivity contribution in [2.75, 3.05) is 13.1 Å². The Kier molecular flexibility index (Phi) is 3.73. The lowest BCUT2D eigenvalue weighted by molar-refractivity contribution is -0.161. The largest absolute Gasteiger partial charge is 0.460 e. The van der Waals surface area contributed by atoms with Crippen molar-refractivity contribution >= 4 is 5.97 Å². The molecule has 1 aliphatic heterocycles. The fourth-order valence-electron chi connectivity index (χ4n) is 1.75. The topological polar surface area (TPSA) is 58.6 Å². The molecule has 0 aromatic rings. The van der Waals surface area contributed by atoms with Crippen molar-refractivity contribution in [3.8, 4) is 0 Å². The van der Waals surface area contributed by atoms with Crippen LogP contribution in [-0.4, -0.2) is 35.4 Å². The zero-order valence-corrected chi connectivity index (χ0v) is 9.80. The van der Waals surface area contributed by atoms with Gasteiger partial charge in [0, 0.05) is 6.54 Å². The van der Waals surface area contributed by atoms with Gasteiger partial charge in [-0.15, -0.1) is 0 Å². The number of carbonyl (C=O) groups is 1. The second kappa shape index (κ2) is 4.49. The molecule has 15 heavy (non-hydrogen) atoms. The molecule has 0 radical (unpaired) electrons. The van der Waals surface area contributed by atoms with Crippen molar-refractivity contribution in [1.82, 2.24) is 5.32 Å². The number of rotatable bonds is 2. The Morgan fingerprint density at radius 3 is 2.67 bits per heavy atom. The molecule has 1 fully saturated rings. The van der Waals surface area contributed by atoms with Gasteiger partial charge in [0.25, 0.3) is 0 Å². The van der Waals surface area contributed by atoms with E-state index >= 15 is 0 Å². The van der Waals surface area contributed by atoms with Crippen LogP contribution in [0.2, 0.25) is 0 Å². The molecule has 1 heterocycles. The number of hydrogen-bond acceptors (Lipinski definition) is 4. The lowest BCUT2D eigenvalue weighted by Crippen LogP contribution is -2.47. The fourth-order valence-corrected chi connectivity index (χ4v) is 1.75. The molecule has 88 valence electrons. The molecule has 0 aliphatic carbocycles. The molecule has 0 amide bonds. The van der Waals surface area contributed by atoms with E-state index in [0.29, 0.717) is 13.0 Å². The molecule has 0 saturated carbocycles. The van der Waals surface area contributed by atoms with E-state index in [1.54, 1.807) is 0 Å². The van der Waals surface area contributed by atoms with Crippen LogP contribution in [0.4, 0.5) is 0 Å². The fraction of sp³-hybridized carbons (Fsp3) is 0.909. The lowest BCUT2D eigenvalue weighted by atomic mass is 9.91. The zero-order valence-electron chi connectivity index (χ0n) is 9.80. The summed E-state index contributed by atoms with van der Waals surface area (Å²) in [6.07, 6.45) is 1.65. The molecular formula is C11H21NO3. The number of carbonyl (C=O) groups excluding carboxylic acids is 1. The first-order valence-corrected chi connectivity index (χ1v) is 5.46. The van der Waals surface area contributed by atoms with Crippen LogP contribution in [0.1, 0.15) is 40.0 Å². The average Bonchev–Trinajstić information content (AvgIpc) is 1.99. The van der Waals surface area contributed by atoms with Gasteiger partial charge in [-0.3, -0.25) is 4.79 Å². The monoisotopic (exact) mass is 215 g/mol. The maximum Gasteiger partial charge on any atom is 0.309 e. The van der Waals surface area contributed by atoms with E-state index in [4.69, 9.17) is 4.74 Å². The van der Waals surface area contributed by atoms with Crippen molar-refractivity contribution in [3.63, 3.8) is 0 Å². The Morgan fingerprint density at radius 2 is 2.20 bits per heavy atom. The molecule has 1 aliphatic rings. The minimum absolute atomic E-state index is 0.0806. The van der Waals surface area contributed by atoms with Crippen LogP contribution in [-0.2, 0) is 9.53 Å². The second-order valence-corrected chi connectivity index (χ2v) is 5.27. The van der Waals surface area contributed by atoms with Gasteiger partial charge in [-0.1, -0.05) is 0 Å². The van der Waals surface area contributed by atoms with Crippen LogP contribution in [0.3, 0.4) is 0 Å². The molecule has 2 N–H and O–H groups in total. The van der Waals surface area contributed by atoms with Gasteiger partial charge in [-0.05, 0) is 40.2 Å². The number of β-amino-alcohol motifs (C(OH)–C–C–N with tert-alkyl or cyclic N) is 1. The number of hydrogen-bond donors (Lipinski definition) is 2. The zero-order chi connectivity index (χ0) is 11.5. The average molecular weight is 215 g/mol. The number of ether oxygens (including phenoxy) is 1. The van der Waals surface area contributed by atoms with Gasteiger partial charge in [-0.25, -0.2) is 0 Å². The normalized spacial score (nSPS) is 27.5. The van der Waals surface area contributed by atoms with E-state index in [1.807, 2.05) is 20.8 Å². The van der Waals surface area contributed by atoms with Crippen LogP contribution in [0, 0.1) is 0 Å². The first-order valence-electron chi connectivity index (χ1n) is 5.46. The number of nitrogens with one attached hydrogen (secondary N) is 1. The summed E-state index contributed by atoms with van der Waals surface area (Å²) in [6.45, 7) is 6.87. The van der Waals surface area contributed by atoms with E-state index in [1.165, 1.54) is 0 Å². The molecule has 0 aromatic carbocycles. The van der Waals surface area contributed by atoms with E-state index in [9.17, 15) is 9.90 Å². The summed E-state index contributed by atoms with van der Waals surface area (Å²) in [4.78, 5) is 11.5. The van der Waals surface area contributed by atoms with Crippen LogP contribution < -0.4 is 5.32 Å². The quantitative estimate of drug-likeness (QED) is 0.670. The highest BCUT2D eigenvalue weighted by atomic mass is 16.6. The predicted molar refractivity (Wildman–Crippen MR) is 57.5 cm³/mol. The lowest BCUT2D eigenvalue weighted by Gasteiger charge is -2.32. The summed E-state index contributed by atoms with van der Waals surface area (Å²) < 4.78 is 5.18. The maximum absolute atomic E-state index is 11.5. The van der Waals surface area contributed by atoms with E-state index in [-0.39, 0.29) is 12.4 Å². The van der Waals surface area contributed by atoms with Gasteiger partial charge >= 0.3 is 5.97 Å². The summed E-state index contributed by atoms with van der Waals surface area (Å²) >= 11 is 0. The summed E-state index contributed by atoms with van der Waals surface area (Å²) in [5.74, 6) is -0.325. The molecule has 0 spiro atoms. The summed E-state index contributed by atoms with van der Waals surface area (Å²) in [7, 11) is 0. The third-order valence-corrected chi connectivity index (χ3v) is 2.34. The number of aliphatic hydroxyl groups is 1. The van der Waals surface area contributed by atoms with Crippen molar-refractivity contribution in [2.45, 2.75) is 51.2 Å². The van der Waals surface area contributed by atoms with E-state index in [2.05, 4.69) is 5.32 Å². The number of esters is 1. The molecule has 0 unspecified atom stereocenters. The van der Waals surface area contributed by atoms with Crippen molar-refractivity contribution in [1.29, 1.82) is 0 Å². The minimum atomic E-state index is -0.916. The van der Waals surface area contributed by atoms with Crippen LogP contribution >= 0.6 is 0 Å². The van der Waals surface area contributed by atoms with Crippen molar-refractivity contribution in [3.05, 3.63) is 0 Å². The van der Waals surface area contributed by atoms with Crippen molar-refractivity contribution < 1.29 is 14.6 Å². The van der Waals surface area contributed by atoms with Gasteiger partial charge in [0.05, 0.1) is 12.0 Å². The maximum atomic E-state index is 11.5. The Balaban J connectivity index is 2.42. The van der Waals surface area contributed by atoms with Crippen LogP contribution in [0.25, 0.3) is 0 Å². The standard InChI is InChI=1S/C11H21NO3/c1-10(2,3)15-9(13)7-11(14)5-4-6-12-8-11/h12,14H,4-8H2,1-3H3/t11-/m0/s1. The van der Waals surface area contributed by atoms with Gasteiger partial charge < -0.3 is 15.2 Å². The highest BCUT2D eigenvalue weighted by Gasteiger charge is 2.33. The Bertz CT molecular complexity index is 226. The third kappa shape index (κ3) is 4.62. The Labute approximate surface area is 91.0 Å². The molecule has 0 bridgehead atoms. The second-order valence-electron chi connectivity index (χ2n) is 5.27. The Hall–Kier alpha value is -0.610. The minimum Gasteiger partial charge on any atom is -0.460 e. The van der Waals surface area contributed by atoms with Gasteiger partial charge in [0.2, 0.25) is 0 Å². The van der Waals surface area contributed by atoms with Gasteiger partial charge in [0.15, 0.2) is 0 Å². The molecule has 4 heteroatoms. The smallest absolute Gasteiger partial charge is 0.309 e. The third-order valence-electron chi connectivity index (χ3n) is 2.34. The van der Waals surface area contributed by atoms with Gasteiger partial charge in [-0.2, -0.15) is 0 Å². The molecule has 0 aromatic heterocycles. The highest BCUT2D eigenvalue weighted by Crippen LogP contribution is 2.21. The SMILES string of the molecule is CC(C)(C)OC(=O)C[C@@]1(O)CCCNC1. The summed E-state index contributed by atoms with van der Waals surface area (Å²) in [6, 6.07) is 0. The molecule has 1 atom stereocenters. The molecule has 1 rings (SSSR count). The summed E-state index contributed by atoms with van der Waals surface area (Å²) in [5, 5.41) is 13.2. The number of piperidine rings is 1. The van der Waals surface area contributed by atoms with Crippen LogP contribution in [0.15, 0.2) is 0 Å². The summed E-state index contributed by atoms with van der Waals surface area (Å²) in [5.41, 5.74) is -1.39. The van der Waals surface area contributed by atoms with E-state index in [0.717, 1.165) is 13.0 Å². The van der Waals surface area contributed by atoms with E-state index < -0.39 is 11.2 Å². The van der Waals surface area contributed by atoms with Gasteiger partial charge in [0.1, 0.15) is 5.60 Å². The Morgan fingerprint density at radius 1 is 1.53 bits per heavy atom. The van der Waals surface area contributed by atoms with Crippen LogP contribution in [0.5, 0.6) is 0 Å². The first kappa shape index (κ1) is 12.5. The van der Waals surface area contributed by atoms with Crippen molar-refractivity contribution in [2.24, 2.45) is 0 Å².